The van der Waals surface area contributed by atoms with E-state index in [4.69, 9.17) is 9.47 Å². The summed E-state index contributed by atoms with van der Waals surface area (Å²) in [5, 5.41) is 2.08. The summed E-state index contributed by atoms with van der Waals surface area (Å²) < 4.78 is 10.2. The Morgan fingerprint density at radius 2 is 2.12 bits per heavy atom. The summed E-state index contributed by atoms with van der Waals surface area (Å²) in [6.07, 6.45) is -1.63. The van der Waals surface area contributed by atoms with Crippen molar-refractivity contribution in [2.24, 2.45) is 0 Å². The zero-order chi connectivity index (χ0) is 11.5. The summed E-state index contributed by atoms with van der Waals surface area (Å²) in [4.78, 5) is 22.3. The first kappa shape index (κ1) is 10.5. The Hall–Kier alpha value is -2.04. The van der Waals surface area contributed by atoms with Crippen molar-refractivity contribution in [2.45, 2.75) is 13.0 Å². The first-order valence-corrected chi connectivity index (χ1v) is 4.95. The van der Waals surface area contributed by atoms with E-state index in [-0.39, 0.29) is 0 Å². The third kappa shape index (κ3) is 1.84. The number of para-hydroxylation sites is 1. The van der Waals surface area contributed by atoms with Crippen molar-refractivity contribution in [1.82, 2.24) is 5.32 Å². The van der Waals surface area contributed by atoms with Gasteiger partial charge >= 0.3 is 6.09 Å². The van der Waals surface area contributed by atoms with Crippen molar-refractivity contribution >= 4 is 12.0 Å². The van der Waals surface area contributed by atoms with Gasteiger partial charge < -0.3 is 9.47 Å². The summed E-state index contributed by atoms with van der Waals surface area (Å²) in [5.74, 6) is 0.0944. The molecule has 0 radical (unpaired) electrons. The minimum atomic E-state index is -0.907. The molecule has 0 spiro atoms. The molecule has 1 aromatic rings. The van der Waals surface area contributed by atoms with E-state index < -0.39 is 18.1 Å². The molecule has 1 atom stereocenters. The number of imide groups is 1. The van der Waals surface area contributed by atoms with Crippen molar-refractivity contribution in [3.05, 3.63) is 29.8 Å². The van der Waals surface area contributed by atoms with Gasteiger partial charge in [0.1, 0.15) is 5.75 Å². The Balaban J connectivity index is 2.32. The molecule has 0 aromatic heterocycles. The van der Waals surface area contributed by atoms with E-state index in [0.717, 1.165) is 0 Å². The van der Waals surface area contributed by atoms with Crippen LogP contribution in [-0.2, 0) is 9.53 Å². The lowest BCUT2D eigenvalue weighted by Gasteiger charge is -2.12. The van der Waals surface area contributed by atoms with Gasteiger partial charge in [0.25, 0.3) is 5.91 Å². The largest absolute Gasteiger partial charge is 0.493 e. The molecule has 0 bridgehead atoms. The molecule has 1 unspecified atom stereocenters. The van der Waals surface area contributed by atoms with Crippen molar-refractivity contribution in [3.8, 4) is 5.75 Å². The van der Waals surface area contributed by atoms with Gasteiger partial charge in [-0.3, -0.25) is 10.1 Å². The van der Waals surface area contributed by atoms with E-state index in [9.17, 15) is 9.59 Å². The zero-order valence-corrected chi connectivity index (χ0v) is 8.73. The smallest absolute Gasteiger partial charge is 0.415 e. The van der Waals surface area contributed by atoms with Crippen LogP contribution in [0.15, 0.2) is 24.3 Å². The van der Waals surface area contributed by atoms with Crippen LogP contribution >= 0.6 is 0 Å². The lowest BCUT2D eigenvalue weighted by molar-refractivity contribution is -0.123. The summed E-state index contributed by atoms with van der Waals surface area (Å²) >= 11 is 0. The average molecular weight is 221 g/mol. The predicted molar refractivity (Wildman–Crippen MR) is 55.0 cm³/mol. The molecule has 1 aromatic carbocycles. The number of cyclic esters (lactones) is 1. The first-order chi connectivity index (χ1) is 7.72. The highest BCUT2D eigenvalue weighted by atomic mass is 16.6. The number of ether oxygens (including phenoxy) is 2. The Morgan fingerprint density at radius 1 is 1.38 bits per heavy atom. The molecular weight excluding hydrogens is 210 g/mol. The SMILES string of the molecule is CCOc1ccccc1C1OC(=O)NC1=O. The maximum absolute atomic E-state index is 11.4. The third-order valence-corrected chi connectivity index (χ3v) is 2.19. The molecule has 5 heteroatoms. The van der Waals surface area contributed by atoms with Gasteiger partial charge in [0, 0.05) is 5.56 Å². The minimum Gasteiger partial charge on any atom is -0.493 e. The van der Waals surface area contributed by atoms with Crippen LogP contribution in [-0.4, -0.2) is 18.6 Å². The number of benzene rings is 1. The number of carbonyl (C=O) groups excluding carboxylic acids is 2. The highest BCUT2D eigenvalue weighted by Gasteiger charge is 2.35. The number of hydrogen-bond acceptors (Lipinski definition) is 4. The van der Waals surface area contributed by atoms with E-state index in [1.54, 1.807) is 24.3 Å². The molecule has 84 valence electrons. The van der Waals surface area contributed by atoms with Crippen LogP contribution in [0.3, 0.4) is 0 Å². The maximum Gasteiger partial charge on any atom is 0.415 e. The molecule has 2 amide bonds. The fourth-order valence-corrected chi connectivity index (χ4v) is 1.54. The fraction of sp³-hybridized carbons (Fsp3) is 0.273. The predicted octanol–water partition coefficient (Wildman–Crippen LogP) is 1.39. The van der Waals surface area contributed by atoms with Gasteiger partial charge in [-0.25, -0.2) is 4.79 Å². The maximum atomic E-state index is 11.4. The van der Waals surface area contributed by atoms with Crippen LogP contribution in [0.5, 0.6) is 5.75 Å². The van der Waals surface area contributed by atoms with E-state index in [2.05, 4.69) is 5.32 Å². The second-order valence-corrected chi connectivity index (χ2v) is 3.25. The van der Waals surface area contributed by atoms with E-state index in [1.165, 1.54) is 0 Å². The van der Waals surface area contributed by atoms with Crippen molar-refractivity contribution in [1.29, 1.82) is 0 Å². The van der Waals surface area contributed by atoms with Crippen LogP contribution in [0, 0.1) is 0 Å². The molecular formula is C11H11NO4. The summed E-state index contributed by atoms with van der Waals surface area (Å²) in [6, 6.07) is 6.99. The van der Waals surface area contributed by atoms with Crippen LogP contribution in [0.1, 0.15) is 18.6 Å². The van der Waals surface area contributed by atoms with Crippen LogP contribution in [0.4, 0.5) is 4.79 Å². The standard InChI is InChI=1S/C11H11NO4/c1-2-15-8-6-4-3-5-7(8)9-10(13)12-11(14)16-9/h3-6,9H,2H2,1H3,(H,12,13,14). The number of hydrogen-bond donors (Lipinski definition) is 1. The number of nitrogens with one attached hydrogen (secondary N) is 1. The van der Waals surface area contributed by atoms with Gasteiger partial charge in [-0.15, -0.1) is 0 Å². The number of alkyl carbamates (subject to hydrolysis) is 1. The van der Waals surface area contributed by atoms with Crippen molar-refractivity contribution in [3.63, 3.8) is 0 Å². The molecule has 0 saturated carbocycles. The Labute approximate surface area is 92.4 Å². The van der Waals surface area contributed by atoms with Crippen LogP contribution in [0.25, 0.3) is 0 Å². The molecule has 1 aliphatic rings. The van der Waals surface area contributed by atoms with Gasteiger partial charge in [0.15, 0.2) is 0 Å². The van der Waals surface area contributed by atoms with E-state index >= 15 is 0 Å². The lowest BCUT2D eigenvalue weighted by atomic mass is 10.1. The second-order valence-electron chi connectivity index (χ2n) is 3.25. The second kappa shape index (κ2) is 4.22. The molecule has 1 N–H and O–H groups in total. The van der Waals surface area contributed by atoms with E-state index in [0.29, 0.717) is 17.9 Å². The number of amides is 2. The molecule has 5 nitrogen and oxygen atoms in total. The first-order valence-electron chi connectivity index (χ1n) is 4.95. The Morgan fingerprint density at radius 3 is 2.75 bits per heavy atom. The highest BCUT2D eigenvalue weighted by molar-refractivity contribution is 6.00. The highest BCUT2D eigenvalue weighted by Crippen LogP contribution is 2.30. The fourth-order valence-electron chi connectivity index (χ4n) is 1.54. The van der Waals surface area contributed by atoms with Crippen LogP contribution < -0.4 is 10.1 Å². The lowest BCUT2D eigenvalue weighted by Crippen LogP contribution is -2.20. The summed E-state index contributed by atoms with van der Waals surface area (Å²) in [5.41, 5.74) is 0.563. The summed E-state index contributed by atoms with van der Waals surface area (Å²) in [7, 11) is 0. The molecule has 2 rings (SSSR count). The third-order valence-electron chi connectivity index (χ3n) is 2.19. The van der Waals surface area contributed by atoms with Crippen LogP contribution in [0.2, 0.25) is 0 Å². The monoisotopic (exact) mass is 221 g/mol. The van der Waals surface area contributed by atoms with Crippen molar-refractivity contribution < 1.29 is 19.1 Å². The molecule has 16 heavy (non-hydrogen) atoms. The number of carbonyl (C=O) groups is 2. The van der Waals surface area contributed by atoms with Gasteiger partial charge in [-0.05, 0) is 13.0 Å². The van der Waals surface area contributed by atoms with Crippen molar-refractivity contribution in [2.75, 3.05) is 6.61 Å². The van der Waals surface area contributed by atoms with Gasteiger partial charge in [-0.2, -0.15) is 0 Å². The summed E-state index contributed by atoms with van der Waals surface area (Å²) in [6.45, 7) is 2.33. The van der Waals surface area contributed by atoms with Gasteiger partial charge in [-0.1, -0.05) is 18.2 Å². The minimum absolute atomic E-state index is 0.461. The topological polar surface area (TPSA) is 64.6 Å². The normalized spacial score (nSPS) is 19.2. The number of rotatable bonds is 3. The quantitative estimate of drug-likeness (QED) is 0.837. The molecule has 1 heterocycles. The van der Waals surface area contributed by atoms with Gasteiger partial charge in [0.05, 0.1) is 6.61 Å². The average Bonchev–Trinajstić information content (AvgIpc) is 2.59. The molecule has 1 fully saturated rings. The zero-order valence-electron chi connectivity index (χ0n) is 8.73. The molecule has 0 aliphatic carbocycles. The Bertz CT molecular complexity index is 430. The Kier molecular flexibility index (Phi) is 2.76. The molecule has 1 aliphatic heterocycles. The molecule has 1 saturated heterocycles. The van der Waals surface area contributed by atoms with Gasteiger partial charge in [0.2, 0.25) is 6.10 Å². The van der Waals surface area contributed by atoms with E-state index in [1.807, 2.05) is 6.92 Å².